The monoisotopic (exact) mass is 229 g/mol. The maximum absolute atomic E-state index is 11.6. The molecule has 1 heterocycles. The number of nitrogens with zero attached hydrogens (tertiary/aromatic N) is 2. The second kappa shape index (κ2) is 7.18. The predicted molar refractivity (Wildman–Crippen MR) is 65.7 cm³/mol. The van der Waals surface area contributed by atoms with Gasteiger partial charge in [0, 0.05) is 18.9 Å². The summed E-state index contributed by atoms with van der Waals surface area (Å²) in [6.45, 7) is 2.65. The summed E-state index contributed by atoms with van der Waals surface area (Å²) in [4.78, 5) is 15.5. The molecular weight excluding hydrogens is 214 g/mol. The molecule has 0 aromatic carbocycles. The molecule has 88 valence electrons. The summed E-state index contributed by atoms with van der Waals surface area (Å²) in [5.74, 6) is -0.322. The third kappa shape index (κ3) is 4.47. The number of pyridine rings is 1. The highest BCUT2D eigenvalue weighted by atomic mass is 16.1. The van der Waals surface area contributed by atoms with Gasteiger partial charge in [-0.2, -0.15) is 5.26 Å². The molecule has 0 radical (unpaired) electrons. The Morgan fingerprint density at radius 3 is 2.82 bits per heavy atom. The van der Waals surface area contributed by atoms with E-state index in [1.54, 1.807) is 30.6 Å². The fourth-order valence-corrected chi connectivity index (χ4v) is 1.25. The molecule has 0 aliphatic rings. The van der Waals surface area contributed by atoms with Gasteiger partial charge in [-0.25, -0.2) is 0 Å². The van der Waals surface area contributed by atoms with Gasteiger partial charge in [0.15, 0.2) is 0 Å². The van der Waals surface area contributed by atoms with E-state index in [1.165, 1.54) is 0 Å². The van der Waals surface area contributed by atoms with Crippen LogP contribution in [-0.4, -0.2) is 17.4 Å². The molecule has 1 rings (SSSR count). The second-order valence-electron chi connectivity index (χ2n) is 3.56. The third-order valence-electron chi connectivity index (χ3n) is 2.20. The zero-order valence-electron chi connectivity index (χ0n) is 9.81. The van der Waals surface area contributed by atoms with E-state index in [4.69, 9.17) is 5.26 Å². The van der Waals surface area contributed by atoms with Gasteiger partial charge in [-0.05, 0) is 30.2 Å². The molecule has 0 spiro atoms. The quantitative estimate of drug-likeness (QED) is 0.476. The van der Waals surface area contributed by atoms with Crippen molar-refractivity contribution < 1.29 is 4.79 Å². The Kier molecular flexibility index (Phi) is 5.45. The second-order valence-corrected chi connectivity index (χ2v) is 3.56. The Labute approximate surface area is 101 Å². The summed E-state index contributed by atoms with van der Waals surface area (Å²) in [7, 11) is 0. The third-order valence-corrected chi connectivity index (χ3v) is 2.20. The van der Waals surface area contributed by atoms with Crippen LogP contribution in [0.15, 0.2) is 30.1 Å². The maximum atomic E-state index is 11.6. The fourth-order valence-electron chi connectivity index (χ4n) is 1.25. The van der Waals surface area contributed by atoms with Crippen LogP contribution in [0.25, 0.3) is 6.08 Å². The van der Waals surface area contributed by atoms with Crippen LogP contribution in [0.2, 0.25) is 0 Å². The minimum atomic E-state index is -0.322. The summed E-state index contributed by atoms with van der Waals surface area (Å²) in [5.41, 5.74) is 0.912. The van der Waals surface area contributed by atoms with Crippen molar-refractivity contribution in [3.63, 3.8) is 0 Å². The topological polar surface area (TPSA) is 65.8 Å². The number of hydrogen-bond acceptors (Lipinski definition) is 3. The lowest BCUT2D eigenvalue weighted by atomic mass is 10.1. The minimum Gasteiger partial charge on any atom is -0.351 e. The van der Waals surface area contributed by atoms with Crippen LogP contribution in [0.1, 0.15) is 25.3 Å². The molecule has 17 heavy (non-hydrogen) atoms. The summed E-state index contributed by atoms with van der Waals surface area (Å²) >= 11 is 0. The van der Waals surface area contributed by atoms with Gasteiger partial charge in [0.25, 0.3) is 5.91 Å². The van der Waals surface area contributed by atoms with Crippen molar-refractivity contribution in [3.05, 3.63) is 35.7 Å². The van der Waals surface area contributed by atoms with E-state index in [1.807, 2.05) is 13.0 Å². The van der Waals surface area contributed by atoms with E-state index < -0.39 is 0 Å². The minimum absolute atomic E-state index is 0.118. The molecule has 4 heteroatoms. The van der Waals surface area contributed by atoms with Crippen molar-refractivity contribution in [2.24, 2.45) is 0 Å². The van der Waals surface area contributed by atoms with Gasteiger partial charge >= 0.3 is 0 Å². The van der Waals surface area contributed by atoms with Gasteiger partial charge in [0.2, 0.25) is 0 Å². The first-order valence-corrected chi connectivity index (χ1v) is 5.58. The van der Waals surface area contributed by atoms with Gasteiger partial charge in [-0.3, -0.25) is 9.78 Å². The van der Waals surface area contributed by atoms with E-state index >= 15 is 0 Å². The van der Waals surface area contributed by atoms with Gasteiger partial charge in [-0.15, -0.1) is 0 Å². The summed E-state index contributed by atoms with van der Waals surface area (Å²) in [6.07, 6.45) is 6.73. The summed E-state index contributed by atoms with van der Waals surface area (Å²) < 4.78 is 0. The number of aromatic nitrogens is 1. The molecular formula is C13H15N3O. The van der Waals surface area contributed by atoms with Crippen LogP contribution in [0.5, 0.6) is 0 Å². The molecule has 0 aliphatic carbocycles. The van der Waals surface area contributed by atoms with Gasteiger partial charge in [0.05, 0.1) is 0 Å². The Hall–Kier alpha value is -2.15. The standard InChI is InChI=1S/C13H15N3O/c1-2-3-6-16-13(17)12(10-14)9-11-4-7-15-8-5-11/h4-5,7-9H,2-3,6H2,1H3,(H,16,17). The number of carbonyl (C=O) groups excluding carboxylic acids is 1. The molecule has 0 bridgehead atoms. The lowest BCUT2D eigenvalue weighted by Crippen LogP contribution is -2.25. The number of carbonyl (C=O) groups is 1. The van der Waals surface area contributed by atoms with E-state index in [0.29, 0.717) is 6.54 Å². The highest BCUT2D eigenvalue weighted by Gasteiger charge is 2.07. The van der Waals surface area contributed by atoms with E-state index in [-0.39, 0.29) is 11.5 Å². The molecule has 0 saturated heterocycles. The highest BCUT2D eigenvalue weighted by molar-refractivity contribution is 6.01. The van der Waals surface area contributed by atoms with E-state index in [2.05, 4.69) is 10.3 Å². The van der Waals surface area contributed by atoms with Crippen LogP contribution >= 0.6 is 0 Å². The summed E-state index contributed by atoms with van der Waals surface area (Å²) in [5, 5.41) is 11.6. The first kappa shape index (κ1) is 12.9. The lowest BCUT2D eigenvalue weighted by molar-refractivity contribution is -0.117. The van der Waals surface area contributed by atoms with Crippen molar-refractivity contribution >= 4 is 12.0 Å². The Balaban J connectivity index is 2.69. The Morgan fingerprint density at radius 2 is 2.24 bits per heavy atom. The number of unbranched alkanes of at least 4 members (excludes halogenated alkanes) is 1. The molecule has 0 atom stereocenters. The van der Waals surface area contributed by atoms with Crippen molar-refractivity contribution in [1.82, 2.24) is 10.3 Å². The zero-order valence-corrected chi connectivity index (χ0v) is 9.81. The lowest BCUT2D eigenvalue weighted by Gasteiger charge is -2.02. The average molecular weight is 229 g/mol. The van der Waals surface area contributed by atoms with E-state index in [0.717, 1.165) is 18.4 Å². The number of amides is 1. The van der Waals surface area contributed by atoms with Gasteiger partial charge in [-0.1, -0.05) is 13.3 Å². The molecule has 0 aliphatic heterocycles. The molecule has 1 aromatic rings. The smallest absolute Gasteiger partial charge is 0.261 e. The van der Waals surface area contributed by atoms with Crippen LogP contribution in [0.4, 0.5) is 0 Å². The number of rotatable bonds is 5. The molecule has 1 aromatic heterocycles. The van der Waals surface area contributed by atoms with Crippen LogP contribution in [-0.2, 0) is 4.79 Å². The molecule has 1 amide bonds. The van der Waals surface area contributed by atoms with Gasteiger partial charge in [0.1, 0.15) is 11.6 Å². The molecule has 1 N–H and O–H groups in total. The molecule has 0 unspecified atom stereocenters. The number of hydrogen-bond donors (Lipinski definition) is 1. The first-order valence-electron chi connectivity index (χ1n) is 5.58. The van der Waals surface area contributed by atoms with E-state index in [9.17, 15) is 4.79 Å². The number of nitrogens with one attached hydrogen (secondary N) is 1. The number of nitriles is 1. The van der Waals surface area contributed by atoms with Crippen molar-refractivity contribution in [2.45, 2.75) is 19.8 Å². The molecule has 0 saturated carbocycles. The predicted octanol–water partition coefficient (Wildman–Crippen LogP) is 1.90. The van der Waals surface area contributed by atoms with Crippen LogP contribution in [0, 0.1) is 11.3 Å². The highest BCUT2D eigenvalue weighted by Crippen LogP contribution is 2.05. The van der Waals surface area contributed by atoms with Crippen molar-refractivity contribution in [3.8, 4) is 6.07 Å². The summed E-state index contributed by atoms with van der Waals surface area (Å²) in [6, 6.07) is 5.40. The first-order chi connectivity index (χ1) is 8.27. The van der Waals surface area contributed by atoms with Crippen LogP contribution < -0.4 is 5.32 Å². The normalized spacial score (nSPS) is 10.7. The maximum Gasteiger partial charge on any atom is 0.261 e. The molecule has 0 fully saturated rings. The van der Waals surface area contributed by atoms with Crippen molar-refractivity contribution in [2.75, 3.05) is 6.54 Å². The van der Waals surface area contributed by atoms with Gasteiger partial charge < -0.3 is 5.32 Å². The average Bonchev–Trinajstić information content (AvgIpc) is 2.37. The Bertz CT molecular complexity index is 432. The zero-order chi connectivity index (χ0) is 12.5. The fraction of sp³-hybridized carbons (Fsp3) is 0.308. The SMILES string of the molecule is CCCCNC(=O)C(C#N)=Cc1ccncc1. The molecule has 4 nitrogen and oxygen atoms in total. The van der Waals surface area contributed by atoms with Crippen LogP contribution in [0.3, 0.4) is 0 Å². The van der Waals surface area contributed by atoms with Crippen molar-refractivity contribution in [1.29, 1.82) is 5.26 Å². The largest absolute Gasteiger partial charge is 0.351 e. The Morgan fingerprint density at radius 1 is 1.53 bits per heavy atom.